The molecular formula is C19H13N4NaO3S2. The molecule has 2 aromatic heterocycles. The molecule has 0 radical (unpaired) electrons. The van der Waals surface area contributed by atoms with Gasteiger partial charge in [-0.25, -0.2) is 8.42 Å². The Morgan fingerprint density at radius 1 is 1.00 bits per heavy atom. The van der Waals surface area contributed by atoms with Gasteiger partial charge in [0, 0.05) is 10.8 Å². The van der Waals surface area contributed by atoms with E-state index in [9.17, 15) is 13.0 Å². The number of nitrogens with zero attached hydrogens (tertiary/aromatic N) is 3. The minimum Gasteiger partial charge on any atom is -0.744 e. The molecule has 140 valence electrons. The predicted molar refractivity (Wildman–Crippen MR) is 108 cm³/mol. The Balaban J connectivity index is 0.00000240. The van der Waals surface area contributed by atoms with Gasteiger partial charge in [0.05, 0.1) is 27.4 Å². The number of thiophene rings is 1. The summed E-state index contributed by atoms with van der Waals surface area (Å²) in [6.07, 6.45) is 1.56. The zero-order chi connectivity index (χ0) is 19.7. The zero-order valence-corrected chi connectivity index (χ0v) is 18.9. The Morgan fingerprint density at radius 3 is 2.38 bits per heavy atom. The second kappa shape index (κ2) is 8.70. The van der Waals surface area contributed by atoms with Crippen LogP contribution in [0.2, 0.25) is 0 Å². The summed E-state index contributed by atoms with van der Waals surface area (Å²) < 4.78 is 35.0. The van der Waals surface area contributed by atoms with Gasteiger partial charge in [0.25, 0.3) is 0 Å². The minimum atomic E-state index is -4.70. The average Bonchev–Trinajstić information content (AvgIpc) is 3.22. The number of fused-ring (bicyclic) bond motifs is 1. The van der Waals surface area contributed by atoms with Crippen molar-refractivity contribution in [3.63, 3.8) is 0 Å². The predicted octanol–water partition coefficient (Wildman–Crippen LogP) is 1.87. The smallest absolute Gasteiger partial charge is 0.744 e. The van der Waals surface area contributed by atoms with Gasteiger partial charge in [-0.05, 0) is 29.6 Å². The molecule has 0 atom stereocenters. The Labute approximate surface area is 193 Å². The van der Waals surface area contributed by atoms with Gasteiger partial charge in [0.15, 0.2) is 0 Å². The Morgan fingerprint density at radius 2 is 1.76 bits per heavy atom. The number of anilines is 1. The Kier molecular flexibility index (Phi) is 6.47. The second-order valence-electron chi connectivity index (χ2n) is 5.89. The first kappa shape index (κ1) is 21.6. The number of pyridine rings is 1. The molecule has 0 amide bonds. The van der Waals surface area contributed by atoms with Crippen molar-refractivity contribution in [1.82, 2.24) is 4.98 Å². The van der Waals surface area contributed by atoms with E-state index in [1.165, 1.54) is 6.07 Å². The van der Waals surface area contributed by atoms with E-state index in [4.69, 9.17) is 5.73 Å². The Bertz CT molecular complexity index is 1290. The topological polar surface area (TPSA) is 121 Å². The average molecular weight is 432 g/mol. The van der Waals surface area contributed by atoms with E-state index in [-0.39, 0.29) is 51.2 Å². The number of hydrogen-bond acceptors (Lipinski definition) is 8. The maximum atomic E-state index is 11.7. The number of nitrogen functional groups attached to an aromatic ring is 1. The van der Waals surface area contributed by atoms with Gasteiger partial charge in [0.1, 0.15) is 21.5 Å². The molecule has 0 unspecified atom stereocenters. The van der Waals surface area contributed by atoms with Gasteiger partial charge in [-0.3, -0.25) is 4.98 Å². The summed E-state index contributed by atoms with van der Waals surface area (Å²) >= 11 is 1.58. The molecule has 0 saturated heterocycles. The maximum absolute atomic E-state index is 11.7. The molecule has 0 aliphatic rings. The van der Waals surface area contributed by atoms with E-state index in [1.54, 1.807) is 41.8 Å². The summed E-state index contributed by atoms with van der Waals surface area (Å²) in [6, 6.07) is 15.1. The fraction of sp³-hybridized carbons (Fsp3) is 0. The molecule has 2 N–H and O–H groups in total. The van der Waals surface area contributed by atoms with Gasteiger partial charge in [-0.2, -0.15) is 0 Å². The number of benzene rings is 2. The van der Waals surface area contributed by atoms with E-state index in [2.05, 4.69) is 15.2 Å². The van der Waals surface area contributed by atoms with Crippen molar-refractivity contribution >= 4 is 49.3 Å². The van der Waals surface area contributed by atoms with Crippen LogP contribution in [0.4, 0.5) is 17.1 Å². The van der Waals surface area contributed by atoms with Crippen LogP contribution in [0.3, 0.4) is 0 Å². The van der Waals surface area contributed by atoms with Crippen molar-refractivity contribution in [2.24, 2.45) is 10.2 Å². The molecule has 0 spiro atoms. The van der Waals surface area contributed by atoms with Crippen molar-refractivity contribution in [3.05, 3.63) is 66.2 Å². The van der Waals surface area contributed by atoms with Gasteiger partial charge < -0.3 is 10.3 Å². The van der Waals surface area contributed by atoms with Crippen LogP contribution in [0.5, 0.6) is 0 Å². The van der Waals surface area contributed by atoms with Crippen molar-refractivity contribution in [2.45, 2.75) is 4.90 Å². The van der Waals surface area contributed by atoms with E-state index < -0.39 is 10.1 Å². The molecule has 0 bridgehead atoms. The molecule has 10 heteroatoms. The number of rotatable bonds is 4. The SMILES string of the molecule is Nc1c(N=Nc2ccc(-c3cccs3)nc2)cc(S(=O)(=O)[O-])c2ccccc12.[Na+]. The molecule has 0 aliphatic heterocycles. The number of azo groups is 1. The van der Waals surface area contributed by atoms with Gasteiger partial charge in [-0.15, -0.1) is 21.6 Å². The minimum absolute atomic E-state index is 0. The molecule has 4 aromatic rings. The molecule has 0 aliphatic carbocycles. The van der Waals surface area contributed by atoms with Crippen LogP contribution in [-0.4, -0.2) is 18.0 Å². The normalized spacial score (nSPS) is 11.6. The van der Waals surface area contributed by atoms with Crippen molar-refractivity contribution < 1.29 is 42.5 Å². The first-order chi connectivity index (χ1) is 13.4. The van der Waals surface area contributed by atoms with Gasteiger partial charge >= 0.3 is 29.6 Å². The van der Waals surface area contributed by atoms with E-state index in [1.807, 2.05) is 23.6 Å². The summed E-state index contributed by atoms with van der Waals surface area (Å²) in [5.41, 5.74) is 7.76. The molecule has 2 heterocycles. The molecule has 4 rings (SSSR count). The Hall–Kier alpha value is -2.14. The third-order valence-electron chi connectivity index (χ3n) is 4.09. The van der Waals surface area contributed by atoms with Gasteiger partial charge in [-0.1, -0.05) is 30.3 Å². The molecular weight excluding hydrogens is 419 g/mol. The standard InChI is InChI=1S/C19H14N4O3S2.Na/c20-19-14-5-2-1-4-13(14)18(28(24,25)26)10-16(19)23-22-12-7-8-15(21-11-12)17-6-3-9-27-17;/h1-11H,20H2,(H,24,25,26);/q;+1/p-1. The van der Waals surface area contributed by atoms with Crippen molar-refractivity contribution in [1.29, 1.82) is 0 Å². The zero-order valence-electron chi connectivity index (χ0n) is 15.3. The van der Waals surface area contributed by atoms with Gasteiger partial charge in [0.2, 0.25) is 0 Å². The number of nitrogens with two attached hydrogens (primary N) is 1. The first-order valence-corrected chi connectivity index (χ1v) is 10.4. The van der Waals surface area contributed by atoms with Crippen LogP contribution in [0.25, 0.3) is 21.3 Å². The van der Waals surface area contributed by atoms with Crippen LogP contribution in [0.15, 0.2) is 81.3 Å². The molecule has 7 nitrogen and oxygen atoms in total. The monoisotopic (exact) mass is 432 g/mol. The van der Waals surface area contributed by atoms with Crippen LogP contribution in [0.1, 0.15) is 0 Å². The summed E-state index contributed by atoms with van der Waals surface area (Å²) in [5.74, 6) is 0. The third-order valence-corrected chi connectivity index (χ3v) is 5.86. The summed E-state index contributed by atoms with van der Waals surface area (Å²) in [6.45, 7) is 0. The molecule has 29 heavy (non-hydrogen) atoms. The van der Waals surface area contributed by atoms with Crippen LogP contribution in [-0.2, 0) is 10.1 Å². The van der Waals surface area contributed by atoms with E-state index >= 15 is 0 Å². The third kappa shape index (κ3) is 4.55. The fourth-order valence-corrected chi connectivity index (χ4v) is 4.17. The van der Waals surface area contributed by atoms with Crippen LogP contribution >= 0.6 is 11.3 Å². The molecule has 0 fully saturated rings. The summed E-state index contributed by atoms with van der Waals surface area (Å²) in [5, 5.41) is 10.8. The quantitative estimate of drug-likeness (QED) is 0.228. The number of aromatic nitrogens is 1. The van der Waals surface area contributed by atoms with E-state index in [0.29, 0.717) is 11.1 Å². The first-order valence-electron chi connectivity index (χ1n) is 8.12. The summed E-state index contributed by atoms with van der Waals surface area (Å²) in [7, 11) is -4.70. The second-order valence-corrected chi connectivity index (χ2v) is 8.18. The maximum Gasteiger partial charge on any atom is 1.00 e. The van der Waals surface area contributed by atoms with E-state index in [0.717, 1.165) is 16.6 Å². The number of hydrogen-bond donors (Lipinski definition) is 1. The van der Waals surface area contributed by atoms with Crippen LogP contribution < -0.4 is 35.3 Å². The molecule has 0 saturated carbocycles. The van der Waals surface area contributed by atoms with Crippen molar-refractivity contribution in [3.8, 4) is 10.6 Å². The molecule has 2 aromatic carbocycles. The summed E-state index contributed by atoms with van der Waals surface area (Å²) in [4.78, 5) is 5.00. The van der Waals surface area contributed by atoms with Crippen LogP contribution in [0, 0.1) is 0 Å². The van der Waals surface area contributed by atoms with Crippen molar-refractivity contribution in [2.75, 3.05) is 5.73 Å². The largest absolute Gasteiger partial charge is 1.00 e. The fourth-order valence-electron chi connectivity index (χ4n) is 2.77.